The van der Waals surface area contributed by atoms with Crippen LogP contribution >= 0.6 is 0 Å². The second-order valence-electron chi connectivity index (χ2n) is 5.79. The molecular weight excluding hydrogens is 391 g/mol. The quantitative estimate of drug-likeness (QED) is 0.442. The fourth-order valence-corrected chi connectivity index (χ4v) is 2.73. The number of ether oxygens (including phenoxy) is 3. The van der Waals surface area contributed by atoms with Crippen LogP contribution in [0.25, 0.3) is 5.57 Å². The molecule has 0 aliphatic carbocycles. The number of nitrogens with two attached hydrogens (primary N) is 1. The number of rotatable bonds is 6. The normalized spacial score (nSPS) is 12.8. The van der Waals surface area contributed by atoms with E-state index in [-0.39, 0.29) is 22.3 Å². The second kappa shape index (κ2) is 9.13. The number of methoxy groups -OCH3 is 2. The predicted octanol–water partition coefficient (Wildman–Crippen LogP) is 4.05. The van der Waals surface area contributed by atoms with Crippen LogP contribution in [0.15, 0.2) is 54.8 Å². The van der Waals surface area contributed by atoms with E-state index in [4.69, 9.17) is 19.9 Å². The largest absolute Gasteiger partial charge is 0.503 e. The number of primary amides is 1. The van der Waals surface area contributed by atoms with Crippen LogP contribution in [0, 0.1) is 0 Å². The molecule has 0 heterocycles. The second-order valence-corrected chi connectivity index (χ2v) is 5.79. The van der Waals surface area contributed by atoms with Crippen molar-refractivity contribution < 1.29 is 37.0 Å². The van der Waals surface area contributed by atoms with Gasteiger partial charge in [0.25, 0.3) is 0 Å². The zero-order valence-corrected chi connectivity index (χ0v) is 15.5. The van der Waals surface area contributed by atoms with Crippen molar-refractivity contribution in [2.24, 2.45) is 5.73 Å². The summed E-state index contributed by atoms with van der Waals surface area (Å²) in [7, 11) is 2.48. The van der Waals surface area contributed by atoms with Crippen LogP contribution in [0.1, 0.15) is 28.4 Å². The lowest BCUT2D eigenvalue weighted by molar-refractivity contribution is -0.137. The molecule has 0 aliphatic heterocycles. The third-order valence-corrected chi connectivity index (χ3v) is 3.93. The van der Waals surface area contributed by atoms with Crippen LogP contribution in [0.2, 0.25) is 0 Å². The number of alkyl halides is 3. The van der Waals surface area contributed by atoms with Gasteiger partial charge in [0.15, 0.2) is 6.10 Å². The zero-order chi connectivity index (χ0) is 21.6. The summed E-state index contributed by atoms with van der Waals surface area (Å²) in [6, 6.07) is 10.5. The van der Waals surface area contributed by atoms with Gasteiger partial charge in [-0.2, -0.15) is 13.2 Å². The Labute approximate surface area is 164 Å². The van der Waals surface area contributed by atoms with E-state index in [1.54, 1.807) is 12.1 Å². The summed E-state index contributed by atoms with van der Waals surface area (Å²) in [6.07, 6.45) is -5.98. The molecule has 29 heavy (non-hydrogen) atoms. The number of amides is 1. The van der Waals surface area contributed by atoms with Gasteiger partial charge in [0, 0.05) is 5.56 Å². The van der Waals surface area contributed by atoms with Gasteiger partial charge in [-0.1, -0.05) is 36.4 Å². The van der Waals surface area contributed by atoms with Crippen molar-refractivity contribution in [2.75, 3.05) is 14.2 Å². The molecule has 0 fully saturated rings. The molecule has 2 aromatic rings. The van der Waals surface area contributed by atoms with Gasteiger partial charge in [0.2, 0.25) is 0 Å². The standard InChI is InChI=1S/C20H18F3NO5/c1-27-11-16(18(25)28-2)14-8-3-4-9-15(14)17(29-19(24)26)12-6-5-7-13(10-12)20(21,22)23/h3-11,17H,1-2H3,(H2,24,26)/b16-11+. The molecule has 2 aromatic carbocycles. The van der Waals surface area contributed by atoms with E-state index in [2.05, 4.69) is 0 Å². The molecule has 0 radical (unpaired) electrons. The lowest BCUT2D eigenvalue weighted by Gasteiger charge is -2.22. The van der Waals surface area contributed by atoms with E-state index in [1.165, 1.54) is 38.5 Å². The summed E-state index contributed by atoms with van der Waals surface area (Å²) >= 11 is 0. The minimum absolute atomic E-state index is 0.0179. The highest BCUT2D eigenvalue weighted by Gasteiger charge is 2.32. The third kappa shape index (κ3) is 5.28. The third-order valence-electron chi connectivity index (χ3n) is 3.93. The maximum atomic E-state index is 13.1. The van der Waals surface area contributed by atoms with Crippen LogP contribution in [0.5, 0.6) is 0 Å². The Balaban J connectivity index is 2.68. The van der Waals surface area contributed by atoms with Crippen LogP contribution < -0.4 is 5.73 Å². The Morgan fingerprint density at radius 2 is 1.76 bits per heavy atom. The van der Waals surface area contributed by atoms with Crippen molar-refractivity contribution in [3.63, 3.8) is 0 Å². The Hall–Kier alpha value is -3.49. The van der Waals surface area contributed by atoms with Crippen LogP contribution in [-0.4, -0.2) is 26.3 Å². The number of carbonyl (C=O) groups excluding carboxylic acids is 2. The number of hydrogen-bond donors (Lipinski definition) is 1. The Morgan fingerprint density at radius 3 is 2.34 bits per heavy atom. The van der Waals surface area contributed by atoms with Crippen LogP contribution in [-0.2, 0) is 25.2 Å². The van der Waals surface area contributed by atoms with E-state index in [0.29, 0.717) is 0 Å². The highest BCUT2D eigenvalue weighted by molar-refractivity contribution is 6.16. The molecule has 0 saturated carbocycles. The average Bonchev–Trinajstić information content (AvgIpc) is 2.69. The Bertz CT molecular complexity index is 924. The Morgan fingerprint density at radius 1 is 1.07 bits per heavy atom. The van der Waals surface area contributed by atoms with Crippen LogP contribution in [0.4, 0.5) is 18.0 Å². The van der Waals surface area contributed by atoms with E-state index < -0.39 is 29.9 Å². The first-order valence-electron chi connectivity index (χ1n) is 8.22. The summed E-state index contributed by atoms with van der Waals surface area (Å²) in [5, 5.41) is 0. The minimum atomic E-state index is -4.60. The van der Waals surface area contributed by atoms with Gasteiger partial charge >= 0.3 is 18.2 Å². The monoisotopic (exact) mass is 409 g/mol. The molecule has 0 aliphatic rings. The van der Waals surface area contributed by atoms with Gasteiger partial charge in [0.1, 0.15) is 5.57 Å². The van der Waals surface area contributed by atoms with Gasteiger partial charge in [0.05, 0.1) is 26.0 Å². The van der Waals surface area contributed by atoms with Crippen molar-refractivity contribution in [3.8, 4) is 0 Å². The molecule has 0 bridgehead atoms. The summed E-state index contributed by atoms with van der Waals surface area (Å²) in [4.78, 5) is 23.7. The number of halogens is 3. The van der Waals surface area contributed by atoms with Gasteiger partial charge in [-0.15, -0.1) is 0 Å². The molecular formula is C20H18F3NO5. The maximum Gasteiger partial charge on any atom is 0.416 e. The SMILES string of the molecule is CO/C=C(/C(=O)OC)c1ccccc1C(OC(N)=O)c1cccc(C(F)(F)F)c1. The smallest absolute Gasteiger partial charge is 0.416 e. The maximum absolute atomic E-state index is 13.1. The molecule has 0 spiro atoms. The zero-order valence-electron chi connectivity index (χ0n) is 15.5. The molecule has 1 amide bonds. The molecule has 2 N–H and O–H groups in total. The lowest BCUT2D eigenvalue weighted by Crippen LogP contribution is -2.20. The molecule has 2 rings (SSSR count). The van der Waals surface area contributed by atoms with E-state index in [9.17, 15) is 22.8 Å². The van der Waals surface area contributed by atoms with Gasteiger partial charge in [-0.3, -0.25) is 0 Å². The Kier molecular flexibility index (Phi) is 6.87. The van der Waals surface area contributed by atoms with Gasteiger partial charge in [-0.25, -0.2) is 9.59 Å². The van der Waals surface area contributed by atoms with Gasteiger partial charge < -0.3 is 19.9 Å². The van der Waals surface area contributed by atoms with Gasteiger partial charge in [-0.05, 0) is 23.3 Å². The minimum Gasteiger partial charge on any atom is -0.503 e. The molecule has 0 aromatic heterocycles. The van der Waals surface area contributed by atoms with Crippen molar-refractivity contribution in [3.05, 3.63) is 77.0 Å². The van der Waals surface area contributed by atoms with E-state index in [1.807, 2.05) is 0 Å². The molecule has 1 atom stereocenters. The fraction of sp³-hybridized carbons (Fsp3) is 0.200. The number of carbonyl (C=O) groups is 2. The molecule has 6 nitrogen and oxygen atoms in total. The summed E-state index contributed by atoms with van der Waals surface area (Å²) in [6.45, 7) is 0. The summed E-state index contributed by atoms with van der Waals surface area (Å²) in [5.41, 5.74) is 4.69. The highest BCUT2D eigenvalue weighted by Crippen LogP contribution is 2.36. The highest BCUT2D eigenvalue weighted by atomic mass is 19.4. The van der Waals surface area contributed by atoms with E-state index >= 15 is 0 Å². The van der Waals surface area contributed by atoms with Crippen molar-refractivity contribution in [1.29, 1.82) is 0 Å². The average molecular weight is 409 g/mol. The first kappa shape index (κ1) is 21.8. The number of hydrogen-bond acceptors (Lipinski definition) is 5. The van der Waals surface area contributed by atoms with Crippen molar-refractivity contribution in [1.82, 2.24) is 0 Å². The fourth-order valence-electron chi connectivity index (χ4n) is 2.73. The molecule has 1 unspecified atom stereocenters. The van der Waals surface area contributed by atoms with Crippen LogP contribution in [0.3, 0.4) is 0 Å². The predicted molar refractivity (Wildman–Crippen MR) is 97.4 cm³/mol. The summed E-state index contributed by atoms with van der Waals surface area (Å²) < 4.78 is 54.2. The molecule has 9 heteroatoms. The number of esters is 1. The molecule has 0 saturated heterocycles. The first-order valence-corrected chi connectivity index (χ1v) is 8.22. The first-order chi connectivity index (χ1) is 13.7. The summed E-state index contributed by atoms with van der Waals surface area (Å²) in [5.74, 6) is -0.749. The van der Waals surface area contributed by atoms with E-state index in [0.717, 1.165) is 18.4 Å². The molecule has 154 valence electrons. The topological polar surface area (TPSA) is 87.8 Å². The van der Waals surface area contributed by atoms with Crippen molar-refractivity contribution in [2.45, 2.75) is 12.3 Å². The number of benzene rings is 2. The lowest BCUT2D eigenvalue weighted by atomic mass is 9.92. The van der Waals surface area contributed by atoms with Crippen molar-refractivity contribution >= 4 is 17.6 Å².